The fourth-order valence-corrected chi connectivity index (χ4v) is 4.45. The van der Waals surface area contributed by atoms with Crippen LogP contribution in [0.2, 0.25) is 0 Å². The molecule has 0 spiro atoms. The van der Waals surface area contributed by atoms with Gasteiger partial charge >= 0.3 is 0 Å². The first kappa shape index (κ1) is 15.9. The molecule has 4 heteroatoms. The van der Waals surface area contributed by atoms with Crippen LogP contribution in [0.5, 0.6) is 0 Å². The average Bonchev–Trinajstić information content (AvgIpc) is 2.75. The highest BCUT2D eigenvalue weighted by atomic mass is 16.5. The lowest BCUT2D eigenvalue weighted by molar-refractivity contribution is -0.0639. The maximum atomic E-state index is 11.8. The molecule has 1 amide bonds. The number of amides is 1. The summed E-state index contributed by atoms with van der Waals surface area (Å²) < 4.78 is 6.20. The molecule has 3 nitrogen and oxygen atoms in total. The third-order valence-corrected chi connectivity index (χ3v) is 5.26. The second kappa shape index (κ2) is 5.71. The number of ether oxygens (including phenoxy) is 1. The molecule has 112 valence electrons. The summed E-state index contributed by atoms with van der Waals surface area (Å²) in [6.07, 6.45) is 4.68. The molecule has 1 saturated heterocycles. The fraction of sp³-hybridized carbons (Fsp3) is 0.938. The normalized spacial score (nSPS) is 40.2. The van der Waals surface area contributed by atoms with Gasteiger partial charge in [-0.2, -0.15) is 0 Å². The summed E-state index contributed by atoms with van der Waals surface area (Å²) >= 11 is 0. The molecule has 2 rings (SSSR count). The van der Waals surface area contributed by atoms with E-state index in [9.17, 15) is 4.79 Å². The van der Waals surface area contributed by atoms with Crippen molar-refractivity contribution in [3.05, 3.63) is 0 Å². The van der Waals surface area contributed by atoms with Crippen LogP contribution in [0.4, 0.5) is 4.79 Å². The molecule has 2 aliphatic rings. The van der Waals surface area contributed by atoms with Crippen LogP contribution in [0.15, 0.2) is 0 Å². The minimum atomic E-state index is -0.579. The minimum Gasteiger partial charge on any atom is -0.351 e. The SMILES string of the molecule is [B]C(=O)N1[C@@H](CC)[C@@H](CC2CC(C)CC2C)OC1(C)C. The van der Waals surface area contributed by atoms with Gasteiger partial charge in [-0.15, -0.1) is 0 Å². The van der Waals surface area contributed by atoms with Crippen molar-refractivity contribution >= 4 is 13.7 Å². The van der Waals surface area contributed by atoms with Crippen molar-refractivity contribution in [1.29, 1.82) is 0 Å². The molecule has 3 unspecified atom stereocenters. The van der Waals surface area contributed by atoms with E-state index in [1.807, 2.05) is 13.8 Å². The van der Waals surface area contributed by atoms with Crippen LogP contribution < -0.4 is 0 Å². The molecule has 1 aliphatic heterocycles. The number of nitrogens with zero attached hydrogens (tertiary/aromatic N) is 1. The average molecular weight is 277 g/mol. The Labute approximate surface area is 124 Å². The van der Waals surface area contributed by atoms with E-state index in [2.05, 4.69) is 20.8 Å². The van der Waals surface area contributed by atoms with Gasteiger partial charge in [-0.3, -0.25) is 4.79 Å². The predicted octanol–water partition coefficient (Wildman–Crippen LogP) is 3.56. The van der Waals surface area contributed by atoms with E-state index in [-0.39, 0.29) is 18.0 Å². The molecular weight excluding hydrogens is 249 g/mol. The van der Waals surface area contributed by atoms with Crippen LogP contribution in [-0.4, -0.2) is 36.4 Å². The van der Waals surface area contributed by atoms with E-state index in [0.717, 1.165) is 24.7 Å². The van der Waals surface area contributed by atoms with Crippen LogP contribution in [-0.2, 0) is 4.74 Å². The number of hydrogen-bond donors (Lipinski definition) is 0. The molecule has 0 bridgehead atoms. The standard InChI is InChI=1S/C16H28BNO2/c1-6-13-14(9-12-8-10(2)7-11(12)3)20-16(4,5)18(13)15(17)19/h10-14H,6-9H2,1-5H3/t10?,11?,12?,13-,14+/m0/s1. The summed E-state index contributed by atoms with van der Waals surface area (Å²) in [4.78, 5) is 13.5. The van der Waals surface area contributed by atoms with Crippen molar-refractivity contribution in [3.8, 4) is 0 Å². The Balaban J connectivity index is 2.10. The van der Waals surface area contributed by atoms with Crippen molar-refractivity contribution in [1.82, 2.24) is 4.90 Å². The van der Waals surface area contributed by atoms with Crippen LogP contribution in [0.1, 0.15) is 60.3 Å². The molecule has 0 aromatic rings. The monoisotopic (exact) mass is 277 g/mol. The lowest BCUT2D eigenvalue weighted by atomic mass is 9.88. The summed E-state index contributed by atoms with van der Waals surface area (Å²) in [5, 5.41) is 0. The Bertz CT molecular complexity index is 371. The number of rotatable bonds is 3. The Hall–Kier alpha value is -0.505. The highest BCUT2D eigenvalue weighted by Crippen LogP contribution is 2.43. The summed E-state index contributed by atoms with van der Waals surface area (Å²) in [5.41, 5.74) is -0.579. The first-order valence-electron chi connectivity index (χ1n) is 8.02. The second-order valence-electron chi connectivity index (χ2n) is 7.34. The first-order valence-corrected chi connectivity index (χ1v) is 8.02. The largest absolute Gasteiger partial charge is 0.351 e. The molecule has 0 N–H and O–H groups in total. The van der Waals surface area contributed by atoms with Crippen LogP contribution in [0, 0.1) is 17.8 Å². The van der Waals surface area contributed by atoms with Gasteiger partial charge in [0.2, 0.25) is 7.85 Å². The van der Waals surface area contributed by atoms with Gasteiger partial charge in [-0.1, -0.05) is 20.8 Å². The van der Waals surface area contributed by atoms with Crippen molar-refractivity contribution in [2.75, 3.05) is 0 Å². The zero-order chi connectivity index (χ0) is 15.1. The Morgan fingerprint density at radius 1 is 1.35 bits per heavy atom. The Kier molecular flexibility index (Phi) is 4.53. The van der Waals surface area contributed by atoms with Crippen molar-refractivity contribution in [2.24, 2.45) is 17.8 Å². The summed E-state index contributed by atoms with van der Waals surface area (Å²) in [6, 6.07) is 0.116. The molecule has 1 heterocycles. The lowest BCUT2D eigenvalue weighted by Gasteiger charge is -2.33. The molecule has 1 saturated carbocycles. The quantitative estimate of drug-likeness (QED) is 0.738. The van der Waals surface area contributed by atoms with E-state index >= 15 is 0 Å². The van der Waals surface area contributed by atoms with Gasteiger partial charge in [0.05, 0.1) is 12.1 Å². The molecule has 20 heavy (non-hydrogen) atoms. The fourth-order valence-electron chi connectivity index (χ4n) is 4.45. The smallest absolute Gasteiger partial charge is 0.200 e. The zero-order valence-electron chi connectivity index (χ0n) is 13.6. The molecule has 0 aromatic heterocycles. The maximum Gasteiger partial charge on any atom is 0.200 e. The minimum absolute atomic E-state index is 0.116. The maximum absolute atomic E-state index is 11.8. The van der Waals surface area contributed by atoms with Crippen molar-refractivity contribution in [2.45, 2.75) is 78.2 Å². The number of carbonyl (C=O) groups is 1. The zero-order valence-corrected chi connectivity index (χ0v) is 13.6. The van der Waals surface area contributed by atoms with E-state index in [1.165, 1.54) is 12.8 Å². The topological polar surface area (TPSA) is 29.5 Å². The Morgan fingerprint density at radius 2 is 2.00 bits per heavy atom. The first-order chi connectivity index (χ1) is 9.26. The number of carbonyl (C=O) groups excluding carboxylic acids is 1. The van der Waals surface area contributed by atoms with Gasteiger partial charge in [0, 0.05) is 0 Å². The van der Waals surface area contributed by atoms with Gasteiger partial charge in [-0.25, -0.2) is 0 Å². The second-order valence-corrected chi connectivity index (χ2v) is 7.34. The van der Waals surface area contributed by atoms with Crippen molar-refractivity contribution in [3.63, 3.8) is 0 Å². The highest BCUT2D eigenvalue weighted by Gasteiger charge is 2.48. The van der Waals surface area contributed by atoms with Gasteiger partial charge in [0.1, 0.15) is 5.72 Å². The van der Waals surface area contributed by atoms with Gasteiger partial charge in [0.25, 0.3) is 0 Å². The van der Waals surface area contributed by atoms with Gasteiger partial charge in [0.15, 0.2) is 5.81 Å². The highest BCUT2D eigenvalue weighted by molar-refractivity contribution is 6.57. The third-order valence-electron chi connectivity index (χ3n) is 5.26. The summed E-state index contributed by atoms with van der Waals surface area (Å²) in [5.74, 6) is 1.93. The summed E-state index contributed by atoms with van der Waals surface area (Å²) in [7, 11) is 5.57. The molecule has 2 fully saturated rings. The Morgan fingerprint density at radius 3 is 2.45 bits per heavy atom. The van der Waals surface area contributed by atoms with Crippen LogP contribution in [0.25, 0.3) is 0 Å². The van der Waals surface area contributed by atoms with E-state index in [4.69, 9.17) is 12.6 Å². The molecule has 2 radical (unpaired) electrons. The molecule has 5 atom stereocenters. The number of hydrogen-bond acceptors (Lipinski definition) is 2. The van der Waals surface area contributed by atoms with E-state index < -0.39 is 5.72 Å². The third kappa shape index (κ3) is 2.90. The van der Waals surface area contributed by atoms with Crippen molar-refractivity contribution < 1.29 is 9.53 Å². The van der Waals surface area contributed by atoms with Gasteiger partial charge in [-0.05, 0) is 57.3 Å². The lowest BCUT2D eigenvalue weighted by Crippen LogP contribution is -2.47. The molecule has 0 aromatic carbocycles. The van der Waals surface area contributed by atoms with E-state index in [0.29, 0.717) is 5.92 Å². The molecule has 1 aliphatic carbocycles. The predicted molar refractivity (Wildman–Crippen MR) is 81.7 cm³/mol. The van der Waals surface area contributed by atoms with E-state index in [1.54, 1.807) is 4.90 Å². The van der Waals surface area contributed by atoms with Crippen LogP contribution in [0.3, 0.4) is 0 Å². The molecular formula is C16H28BNO2. The summed E-state index contributed by atoms with van der Waals surface area (Å²) in [6.45, 7) is 10.7. The van der Waals surface area contributed by atoms with Gasteiger partial charge < -0.3 is 9.64 Å². The van der Waals surface area contributed by atoms with Crippen LogP contribution >= 0.6 is 0 Å².